The maximum atomic E-state index is 13.0. The van der Waals surface area contributed by atoms with Gasteiger partial charge in [0, 0.05) is 32.1 Å². The lowest BCUT2D eigenvalue weighted by Crippen LogP contribution is -2.56. The number of hydrogen-bond donors (Lipinski definition) is 0. The Kier molecular flexibility index (Phi) is 3.93. The first-order valence-corrected chi connectivity index (χ1v) is 8.59. The van der Waals surface area contributed by atoms with Crippen molar-refractivity contribution in [2.45, 2.75) is 32.4 Å². The summed E-state index contributed by atoms with van der Waals surface area (Å²) in [6, 6.07) is 6.78. The van der Waals surface area contributed by atoms with E-state index in [0.29, 0.717) is 5.41 Å². The Bertz CT molecular complexity index is 699. The minimum atomic E-state index is -0.178. The number of benzene rings is 1. The molecule has 3 heterocycles. The fourth-order valence-electron chi connectivity index (χ4n) is 4.16. The molecule has 2 fully saturated rings. The Morgan fingerprint density at radius 2 is 2.04 bits per heavy atom. The molecule has 1 aromatic carbocycles. The molecule has 1 spiro atoms. The van der Waals surface area contributed by atoms with Gasteiger partial charge in [-0.05, 0) is 43.0 Å². The van der Waals surface area contributed by atoms with E-state index >= 15 is 0 Å². The van der Waals surface area contributed by atoms with Crippen molar-refractivity contribution >= 4 is 0 Å². The Balaban J connectivity index is 1.31. The highest BCUT2D eigenvalue weighted by Crippen LogP contribution is 2.42. The number of hydrogen-bond acceptors (Lipinski definition) is 3. The van der Waals surface area contributed by atoms with Gasteiger partial charge in [0.1, 0.15) is 5.82 Å². The van der Waals surface area contributed by atoms with E-state index in [1.807, 2.05) is 30.1 Å². The summed E-state index contributed by atoms with van der Waals surface area (Å²) >= 11 is 0. The maximum Gasteiger partial charge on any atom is 0.123 e. The molecule has 0 bridgehead atoms. The van der Waals surface area contributed by atoms with Gasteiger partial charge >= 0.3 is 0 Å². The van der Waals surface area contributed by atoms with Crippen LogP contribution < -0.4 is 0 Å². The quantitative estimate of drug-likeness (QED) is 0.864. The Hall–Kier alpha value is -1.72. The lowest BCUT2D eigenvalue weighted by atomic mass is 9.77. The molecule has 2 saturated heterocycles. The van der Waals surface area contributed by atoms with Crippen molar-refractivity contribution in [3.05, 3.63) is 53.1 Å². The highest BCUT2D eigenvalue weighted by molar-refractivity contribution is 5.18. The normalized spacial score (nSPS) is 22.9. The van der Waals surface area contributed by atoms with Crippen LogP contribution in [0.25, 0.3) is 0 Å². The molecule has 0 N–H and O–H groups in total. The summed E-state index contributed by atoms with van der Waals surface area (Å²) in [5.74, 6) is -0.178. The van der Waals surface area contributed by atoms with Gasteiger partial charge in [-0.3, -0.25) is 9.58 Å². The van der Waals surface area contributed by atoms with Crippen molar-refractivity contribution in [2.75, 3.05) is 19.7 Å². The lowest BCUT2D eigenvalue weighted by Gasteiger charge is -2.47. The molecule has 24 heavy (non-hydrogen) atoms. The van der Waals surface area contributed by atoms with Gasteiger partial charge in [-0.25, -0.2) is 4.39 Å². The standard InChI is InChI=1S/C19H24FN3O/c1-14-9-21-22(2)18(14)10-23-11-19(12-23)8-17(24-13-19)7-15-3-5-16(20)6-4-15/h3-6,9,17H,7-8,10-13H2,1-2H3. The number of ether oxygens (including phenoxy) is 1. The van der Waals surface area contributed by atoms with E-state index in [0.717, 1.165) is 44.6 Å². The highest BCUT2D eigenvalue weighted by atomic mass is 19.1. The van der Waals surface area contributed by atoms with Crippen LogP contribution >= 0.6 is 0 Å². The first kappa shape index (κ1) is 15.8. The van der Waals surface area contributed by atoms with Gasteiger partial charge in [0.2, 0.25) is 0 Å². The van der Waals surface area contributed by atoms with E-state index in [2.05, 4.69) is 16.9 Å². The van der Waals surface area contributed by atoms with Gasteiger partial charge in [0.05, 0.1) is 24.6 Å². The van der Waals surface area contributed by atoms with Crippen molar-refractivity contribution in [2.24, 2.45) is 12.5 Å². The summed E-state index contributed by atoms with van der Waals surface area (Å²) in [7, 11) is 2.01. The van der Waals surface area contributed by atoms with Crippen molar-refractivity contribution in [3.63, 3.8) is 0 Å². The first-order valence-electron chi connectivity index (χ1n) is 8.59. The molecule has 1 aromatic heterocycles. The molecule has 1 atom stereocenters. The second-order valence-electron chi connectivity index (χ2n) is 7.51. The van der Waals surface area contributed by atoms with Crippen molar-refractivity contribution in [1.82, 2.24) is 14.7 Å². The average Bonchev–Trinajstić information content (AvgIpc) is 3.08. The molecular formula is C19H24FN3O. The second-order valence-corrected chi connectivity index (χ2v) is 7.51. The average molecular weight is 329 g/mol. The molecule has 2 aromatic rings. The van der Waals surface area contributed by atoms with E-state index in [4.69, 9.17) is 4.74 Å². The fourth-order valence-corrected chi connectivity index (χ4v) is 4.16. The summed E-state index contributed by atoms with van der Waals surface area (Å²) in [5.41, 5.74) is 4.03. The SMILES string of the molecule is Cc1cnn(C)c1CN1CC2(COC(Cc3ccc(F)cc3)C2)C1. The van der Waals surface area contributed by atoms with Gasteiger partial charge in [-0.1, -0.05) is 12.1 Å². The van der Waals surface area contributed by atoms with E-state index in [1.54, 1.807) is 0 Å². The number of nitrogens with zero attached hydrogens (tertiary/aromatic N) is 3. The third-order valence-corrected chi connectivity index (χ3v) is 5.42. The van der Waals surface area contributed by atoms with E-state index in [-0.39, 0.29) is 11.9 Å². The molecule has 1 unspecified atom stereocenters. The molecule has 0 aliphatic carbocycles. The predicted molar refractivity (Wildman–Crippen MR) is 90.1 cm³/mol. The third kappa shape index (κ3) is 2.98. The van der Waals surface area contributed by atoms with Gasteiger partial charge < -0.3 is 4.74 Å². The van der Waals surface area contributed by atoms with Crippen LogP contribution in [-0.2, 0) is 24.8 Å². The number of halogens is 1. The fraction of sp³-hybridized carbons (Fsp3) is 0.526. The predicted octanol–water partition coefficient (Wildman–Crippen LogP) is 2.70. The number of likely N-dealkylation sites (tertiary alicyclic amines) is 1. The minimum Gasteiger partial charge on any atom is -0.377 e. The Morgan fingerprint density at radius 3 is 2.71 bits per heavy atom. The molecule has 4 nitrogen and oxygen atoms in total. The van der Waals surface area contributed by atoms with Gasteiger partial charge in [0.15, 0.2) is 0 Å². The Labute approximate surface area is 142 Å². The topological polar surface area (TPSA) is 30.3 Å². The zero-order valence-electron chi connectivity index (χ0n) is 14.3. The summed E-state index contributed by atoms with van der Waals surface area (Å²) in [4.78, 5) is 2.48. The minimum absolute atomic E-state index is 0.178. The molecule has 0 saturated carbocycles. The van der Waals surface area contributed by atoms with Crippen LogP contribution in [0.3, 0.4) is 0 Å². The number of aromatic nitrogens is 2. The smallest absolute Gasteiger partial charge is 0.123 e. The van der Waals surface area contributed by atoms with Crippen molar-refractivity contribution in [1.29, 1.82) is 0 Å². The van der Waals surface area contributed by atoms with Crippen LogP contribution in [0.15, 0.2) is 30.5 Å². The van der Waals surface area contributed by atoms with Crippen LogP contribution in [0, 0.1) is 18.2 Å². The van der Waals surface area contributed by atoms with Crippen molar-refractivity contribution in [3.8, 4) is 0 Å². The molecule has 5 heteroatoms. The molecule has 2 aliphatic rings. The summed E-state index contributed by atoms with van der Waals surface area (Å²) in [5, 5.41) is 4.32. The third-order valence-electron chi connectivity index (χ3n) is 5.42. The Morgan fingerprint density at radius 1 is 1.29 bits per heavy atom. The zero-order chi connectivity index (χ0) is 16.7. The van der Waals surface area contributed by atoms with Crippen LogP contribution in [0.5, 0.6) is 0 Å². The highest BCUT2D eigenvalue weighted by Gasteiger charge is 2.48. The van der Waals surface area contributed by atoms with Crippen LogP contribution in [-0.4, -0.2) is 40.5 Å². The van der Waals surface area contributed by atoms with Crippen molar-refractivity contribution < 1.29 is 9.13 Å². The first-order chi connectivity index (χ1) is 11.5. The largest absolute Gasteiger partial charge is 0.377 e. The zero-order valence-corrected chi connectivity index (χ0v) is 14.3. The van der Waals surface area contributed by atoms with E-state index in [1.165, 1.54) is 23.4 Å². The van der Waals surface area contributed by atoms with Crippen LogP contribution in [0.2, 0.25) is 0 Å². The lowest BCUT2D eigenvalue weighted by molar-refractivity contribution is -0.0154. The molecule has 4 rings (SSSR count). The molecule has 128 valence electrons. The van der Waals surface area contributed by atoms with Gasteiger partial charge in [0.25, 0.3) is 0 Å². The molecule has 0 radical (unpaired) electrons. The second kappa shape index (κ2) is 5.97. The number of rotatable bonds is 4. The van der Waals surface area contributed by atoms with Gasteiger partial charge in [-0.2, -0.15) is 5.10 Å². The molecular weight excluding hydrogens is 305 g/mol. The molecule has 0 amide bonds. The summed E-state index contributed by atoms with van der Waals surface area (Å²) in [6.45, 7) is 6.12. The van der Waals surface area contributed by atoms with Gasteiger partial charge in [-0.15, -0.1) is 0 Å². The summed E-state index contributed by atoms with van der Waals surface area (Å²) in [6.07, 6.45) is 4.17. The monoisotopic (exact) mass is 329 g/mol. The van der Waals surface area contributed by atoms with E-state index < -0.39 is 0 Å². The van der Waals surface area contributed by atoms with E-state index in [9.17, 15) is 4.39 Å². The number of aryl methyl sites for hydroxylation is 2. The van der Waals surface area contributed by atoms with Crippen LogP contribution in [0.4, 0.5) is 4.39 Å². The summed E-state index contributed by atoms with van der Waals surface area (Å²) < 4.78 is 21.0. The van der Waals surface area contributed by atoms with Crippen LogP contribution in [0.1, 0.15) is 23.2 Å². The maximum absolute atomic E-state index is 13.0. The molecule has 2 aliphatic heterocycles.